The van der Waals surface area contributed by atoms with Crippen molar-refractivity contribution in [1.29, 1.82) is 5.26 Å². The lowest BCUT2D eigenvalue weighted by Crippen LogP contribution is -2.06. The molecule has 0 amide bonds. The van der Waals surface area contributed by atoms with E-state index in [0.29, 0.717) is 0 Å². The highest BCUT2D eigenvalue weighted by molar-refractivity contribution is 5.05. The normalized spacial score (nSPS) is 25.5. The van der Waals surface area contributed by atoms with Crippen LogP contribution in [0.3, 0.4) is 0 Å². The third kappa shape index (κ3) is 1.51. The summed E-state index contributed by atoms with van der Waals surface area (Å²) in [6.45, 7) is 0. The Morgan fingerprint density at radius 2 is 2.10 bits per heavy atom. The Morgan fingerprint density at radius 3 is 2.50 bits per heavy atom. The number of hydrogen-bond acceptors (Lipinski definition) is 2. The van der Waals surface area contributed by atoms with Gasteiger partial charge in [0.1, 0.15) is 0 Å². The van der Waals surface area contributed by atoms with E-state index in [9.17, 15) is 0 Å². The second kappa shape index (κ2) is 3.26. The number of nitrogens with two attached hydrogens (primary N) is 1. The van der Waals surface area contributed by atoms with Gasteiger partial charge in [0.15, 0.2) is 0 Å². The lowest BCUT2D eigenvalue weighted by molar-refractivity contribution is 0.496. The van der Waals surface area contributed by atoms with Gasteiger partial charge in [-0.15, -0.1) is 0 Å². The fraction of sp³-hybridized carbons (Fsp3) is 0.625. The fourth-order valence-corrected chi connectivity index (χ4v) is 1.28. The molecule has 0 aliphatic heterocycles. The quantitative estimate of drug-likeness (QED) is 0.549. The molecule has 1 rings (SSSR count). The number of allylic oxidation sites excluding steroid dienone is 1. The van der Waals surface area contributed by atoms with E-state index >= 15 is 0 Å². The Bertz CT molecular complexity index is 166. The summed E-state index contributed by atoms with van der Waals surface area (Å²) in [5.41, 5.74) is 6.66. The maximum absolute atomic E-state index is 8.55. The summed E-state index contributed by atoms with van der Waals surface area (Å²) in [5.74, 6) is 0.281. The van der Waals surface area contributed by atoms with Crippen molar-refractivity contribution in [2.45, 2.75) is 25.7 Å². The molecule has 0 atom stereocenters. The maximum Gasteiger partial charge on any atom is 0.0656 e. The van der Waals surface area contributed by atoms with Crippen molar-refractivity contribution < 1.29 is 0 Å². The van der Waals surface area contributed by atoms with Gasteiger partial charge in [0.05, 0.1) is 6.07 Å². The first-order chi connectivity index (χ1) is 4.86. The molecule has 1 aliphatic carbocycles. The van der Waals surface area contributed by atoms with Crippen LogP contribution in [-0.4, -0.2) is 0 Å². The zero-order valence-corrected chi connectivity index (χ0v) is 6.01. The topological polar surface area (TPSA) is 49.8 Å². The van der Waals surface area contributed by atoms with Crippen molar-refractivity contribution in [2.24, 2.45) is 11.7 Å². The van der Waals surface area contributed by atoms with E-state index < -0.39 is 0 Å². The third-order valence-corrected chi connectivity index (χ3v) is 2.05. The lowest BCUT2D eigenvalue weighted by atomic mass is 9.87. The van der Waals surface area contributed by atoms with Gasteiger partial charge in [-0.25, -0.2) is 0 Å². The molecule has 54 valence electrons. The molecule has 0 aromatic heterocycles. The minimum atomic E-state index is 0.281. The molecule has 0 heterocycles. The molecule has 0 bridgehead atoms. The van der Waals surface area contributed by atoms with Crippen LogP contribution in [-0.2, 0) is 0 Å². The summed E-state index contributed by atoms with van der Waals surface area (Å²) in [4.78, 5) is 0. The second-order valence-electron chi connectivity index (χ2n) is 2.73. The van der Waals surface area contributed by atoms with Crippen molar-refractivity contribution in [3.05, 3.63) is 11.8 Å². The van der Waals surface area contributed by atoms with Crippen molar-refractivity contribution in [3.8, 4) is 6.07 Å². The highest BCUT2D eigenvalue weighted by atomic mass is 14.5. The van der Waals surface area contributed by atoms with Crippen molar-refractivity contribution in [3.63, 3.8) is 0 Å². The molecule has 1 saturated carbocycles. The van der Waals surface area contributed by atoms with E-state index in [2.05, 4.69) is 6.07 Å². The predicted molar refractivity (Wildman–Crippen MR) is 39.8 cm³/mol. The Hall–Kier alpha value is -0.970. The van der Waals surface area contributed by atoms with Crippen molar-refractivity contribution in [1.82, 2.24) is 0 Å². The average molecular weight is 136 g/mol. The molecule has 0 saturated heterocycles. The molecule has 1 aliphatic rings. The van der Waals surface area contributed by atoms with Crippen LogP contribution < -0.4 is 5.73 Å². The van der Waals surface area contributed by atoms with Crippen LogP contribution in [0.1, 0.15) is 25.7 Å². The third-order valence-electron chi connectivity index (χ3n) is 2.05. The van der Waals surface area contributed by atoms with Crippen molar-refractivity contribution >= 4 is 0 Å². The molecule has 0 spiro atoms. The summed E-state index contributed by atoms with van der Waals surface area (Å²) in [7, 11) is 0. The monoisotopic (exact) mass is 136 g/mol. The van der Waals surface area contributed by atoms with E-state index in [1.165, 1.54) is 5.57 Å². The van der Waals surface area contributed by atoms with Crippen LogP contribution in [0.15, 0.2) is 11.8 Å². The minimum absolute atomic E-state index is 0.281. The van der Waals surface area contributed by atoms with Gasteiger partial charge >= 0.3 is 0 Å². The van der Waals surface area contributed by atoms with E-state index in [1.54, 1.807) is 6.20 Å². The zero-order valence-electron chi connectivity index (χ0n) is 6.01. The maximum atomic E-state index is 8.55. The van der Waals surface area contributed by atoms with Gasteiger partial charge in [0.2, 0.25) is 0 Å². The van der Waals surface area contributed by atoms with Crippen LogP contribution >= 0.6 is 0 Å². The van der Waals surface area contributed by atoms with Crippen molar-refractivity contribution in [2.75, 3.05) is 0 Å². The molecule has 0 radical (unpaired) electrons. The molecule has 10 heavy (non-hydrogen) atoms. The van der Waals surface area contributed by atoms with Gasteiger partial charge in [-0.3, -0.25) is 0 Å². The van der Waals surface area contributed by atoms with E-state index in [1.807, 2.05) is 0 Å². The number of rotatable bonds is 0. The SMILES string of the molecule is N#CC1CCC(=CN)CC1. The standard InChI is InChI=1S/C8H12N2/c9-5-7-1-2-8(6-10)4-3-7/h5,8H,1-4,9H2. The second-order valence-corrected chi connectivity index (χ2v) is 2.73. The Balaban J connectivity index is 2.40. The number of nitrogens with zero attached hydrogens (tertiary/aromatic N) is 1. The van der Waals surface area contributed by atoms with E-state index in [0.717, 1.165) is 25.7 Å². The summed E-state index contributed by atoms with van der Waals surface area (Å²) < 4.78 is 0. The number of hydrogen-bond donors (Lipinski definition) is 1. The molecule has 0 unspecified atom stereocenters. The summed E-state index contributed by atoms with van der Waals surface area (Å²) in [6, 6.07) is 2.28. The van der Waals surface area contributed by atoms with E-state index in [-0.39, 0.29) is 5.92 Å². The van der Waals surface area contributed by atoms with Gasteiger partial charge in [0.25, 0.3) is 0 Å². The van der Waals surface area contributed by atoms with Crippen LogP contribution in [0.4, 0.5) is 0 Å². The first-order valence-electron chi connectivity index (χ1n) is 3.66. The molecular formula is C8H12N2. The lowest BCUT2D eigenvalue weighted by Gasteiger charge is -2.17. The van der Waals surface area contributed by atoms with E-state index in [4.69, 9.17) is 11.0 Å². The Morgan fingerprint density at radius 1 is 1.50 bits per heavy atom. The van der Waals surface area contributed by atoms with Crippen LogP contribution in [0.25, 0.3) is 0 Å². The molecule has 1 fully saturated rings. The van der Waals surface area contributed by atoms with Gasteiger partial charge < -0.3 is 5.73 Å². The predicted octanol–water partition coefficient (Wildman–Crippen LogP) is 1.54. The fourth-order valence-electron chi connectivity index (χ4n) is 1.28. The van der Waals surface area contributed by atoms with Gasteiger partial charge in [-0.1, -0.05) is 5.57 Å². The van der Waals surface area contributed by atoms with Crippen LogP contribution in [0.5, 0.6) is 0 Å². The van der Waals surface area contributed by atoms with Gasteiger partial charge in [0, 0.05) is 5.92 Å². The minimum Gasteiger partial charge on any atom is -0.405 e. The highest BCUT2D eigenvalue weighted by Gasteiger charge is 2.14. The molecule has 2 heteroatoms. The molecular weight excluding hydrogens is 124 g/mol. The first kappa shape index (κ1) is 7.14. The first-order valence-corrected chi connectivity index (χ1v) is 3.66. The average Bonchev–Trinajstić information content (AvgIpc) is 2.05. The summed E-state index contributed by atoms with van der Waals surface area (Å²) in [6.07, 6.45) is 5.73. The summed E-state index contributed by atoms with van der Waals surface area (Å²) >= 11 is 0. The molecule has 0 aromatic carbocycles. The Labute approximate surface area is 61.3 Å². The summed E-state index contributed by atoms with van der Waals surface area (Å²) in [5, 5.41) is 8.55. The molecule has 2 nitrogen and oxygen atoms in total. The number of nitriles is 1. The van der Waals surface area contributed by atoms with Crippen LogP contribution in [0, 0.1) is 17.2 Å². The molecule has 2 N–H and O–H groups in total. The smallest absolute Gasteiger partial charge is 0.0656 e. The zero-order chi connectivity index (χ0) is 7.40. The van der Waals surface area contributed by atoms with Crippen LogP contribution in [0.2, 0.25) is 0 Å². The Kier molecular flexibility index (Phi) is 2.33. The van der Waals surface area contributed by atoms with Gasteiger partial charge in [-0.05, 0) is 31.9 Å². The van der Waals surface area contributed by atoms with Gasteiger partial charge in [-0.2, -0.15) is 5.26 Å². The molecule has 0 aromatic rings. The largest absolute Gasteiger partial charge is 0.405 e. The highest BCUT2D eigenvalue weighted by Crippen LogP contribution is 2.26.